The lowest BCUT2D eigenvalue weighted by Crippen LogP contribution is -2.64. The molecular formula is C85H50B2F9N5S. The van der Waals surface area contributed by atoms with E-state index in [9.17, 15) is 0 Å². The van der Waals surface area contributed by atoms with Gasteiger partial charge >= 0.3 is 6.18 Å². The summed E-state index contributed by atoms with van der Waals surface area (Å²) >= 11 is 1.36. The van der Waals surface area contributed by atoms with E-state index in [4.69, 9.17) is 0 Å². The summed E-state index contributed by atoms with van der Waals surface area (Å²) in [4.78, 5) is 9.30. The van der Waals surface area contributed by atoms with E-state index < -0.39 is 71.4 Å². The molecule has 0 unspecified atom stereocenters. The molecular weight excluding hydrogens is 1320 g/mol. The first-order valence-corrected chi connectivity index (χ1v) is 33.8. The summed E-state index contributed by atoms with van der Waals surface area (Å²) in [5, 5.41) is 0. The van der Waals surface area contributed by atoms with Crippen LogP contribution in [-0.4, -0.2) is 13.4 Å². The average Bonchev–Trinajstić information content (AvgIpc) is 0.687. The van der Waals surface area contributed by atoms with Crippen LogP contribution in [0.2, 0.25) is 0 Å². The van der Waals surface area contributed by atoms with Gasteiger partial charge < -0.3 is 24.5 Å². The zero-order valence-electron chi connectivity index (χ0n) is 53.6. The molecule has 0 amide bonds. The Bertz CT molecular complexity index is 5650. The number of hydrogen-bond donors (Lipinski definition) is 0. The third-order valence-electron chi connectivity index (χ3n) is 19.7. The van der Waals surface area contributed by atoms with Crippen molar-refractivity contribution in [1.29, 1.82) is 0 Å². The number of halogens is 9. The highest BCUT2D eigenvalue weighted by Gasteiger charge is 2.50. The summed E-state index contributed by atoms with van der Waals surface area (Å²) in [7, 11) is 0. The second-order valence-electron chi connectivity index (χ2n) is 25.3. The Morgan fingerprint density at radius 2 is 0.745 bits per heavy atom. The predicted molar refractivity (Wildman–Crippen MR) is 395 cm³/mol. The third-order valence-corrected chi connectivity index (χ3v) is 20.8. The van der Waals surface area contributed by atoms with E-state index in [1.807, 2.05) is 146 Å². The third kappa shape index (κ3) is 9.99. The topological polar surface area (TPSA) is 16.2 Å². The van der Waals surface area contributed by atoms with Crippen LogP contribution in [0.1, 0.15) is 5.56 Å². The van der Waals surface area contributed by atoms with Crippen LogP contribution in [0.25, 0.3) is 22.3 Å². The molecule has 5 nitrogen and oxygen atoms in total. The molecule has 4 aliphatic heterocycles. The van der Waals surface area contributed by atoms with E-state index in [-0.39, 0.29) is 39.8 Å². The molecule has 14 aromatic carbocycles. The normalized spacial score (nSPS) is 13.0. The molecule has 4 heterocycles. The lowest BCUT2D eigenvalue weighted by Gasteiger charge is -2.46. The van der Waals surface area contributed by atoms with Crippen LogP contribution in [0.3, 0.4) is 0 Å². The Morgan fingerprint density at radius 3 is 1.33 bits per heavy atom. The van der Waals surface area contributed by atoms with Gasteiger partial charge in [-0.25, -0.2) is 26.3 Å². The molecule has 0 radical (unpaired) electrons. The van der Waals surface area contributed by atoms with Gasteiger partial charge in [0.05, 0.1) is 22.6 Å². The fourth-order valence-corrected chi connectivity index (χ4v) is 16.7. The molecule has 14 aromatic rings. The number of rotatable bonds is 11. The number of nitrogens with zero attached hydrogens (tertiary/aromatic N) is 5. The van der Waals surface area contributed by atoms with Crippen LogP contribution in [-0.2, 0) is 6.18 Å². The van der Waals surface area contributed by atoms with E-state index in [1.54, 1.807) is 65.6 Å². The van der Waals surface area contributed by atoms with Crippen LogP contribution in [0.4, 0.5) is 125 Å². The smallest absolute Gasteiger partial charge is 0.311 e. The number of hydrogen-bond acceptors (Lipinski definition) is 6. The van der Waals surface area contributed by atoms with Crippen LogP contribution < -0.4 is 57.3 Å². The van der Waals surface area contributed by atoms with Crippen molar-refractivity contribution < 1.29 is 39.5 Å². The molecule has 0 saturated heterocycles. The van der Waals surface area contributed by atoms with Gasteiger partial charge in [-0.2, -0.15) is 13.2 Å². The maximum absolute atomic E-state index is 17.2. The van der Waals surface area contributed by atoms with Gasteiger partial charge in [-0.3, -0.25) is 0 Å². The summed E-state index contributed by atoms with van der Waals surface area (Å²) in [5.41, 5.74) is 8.62. The first kappa shape index (κ1) is 62.2. The molecule has 0 saturated carbocycles. The Labute approximate surface area is 586 Å². The average molecular weight is 1370 g/mol. The summed E-state index contributed by atoms with van der Waals surface area (Å²) in [6.45, 7) is -1.65. The van der Waals surface area contributed by atoms with Crippen molar-refractivity contribution in [3.05, 3.63) is 344 Å². The fraction of sp³-hybridized carbons (Fsp3) is 0.0118. The van der Waals surface area contributed by atoms with Crippen molar-refractivity contribution in [2.75, 3.05) is 24.5 Å². The lowest BCUT2D eigenvalue weighted by atomic mass is 9.31. The summed E-state index contributed by atoms with van der Waals surface area (Å²) < 4.78 is 151. The number of alkyl halides is 3. The zero-order chi connectivity index (χ0) is 69.2. The van der Waals surface area contributed by atoms with Crippen LogP contribution >= 0.6 is 11.8 Å². The molecule has 17 heteroatoms. The van der Waals surface area contributed by atoms with E-state index in [0.717, 1.165) is 64.0 Å². The van der Waals surface area contributed by atoms with Gasteiger partial charge in [0.2, 0.25) is 6.71 Å². The molecule has 0 N–H and O–H groups in total. The first-order valence-electron chi connectivity index (χ1n) is 33.0. The molecule has 102 heavy (non-hydrogen) atoms. The van der Waals surface area contributed by atoms with Crippen molar-refractivity contribution in [1.82, 2.24) is 0 Å². The summed E-state index contributed by atoms with van der Waals surface area (Å²) in [6, 6.07) is 85.9. The number of anilines is 15. The molecule has 0 aliphatic carbocycles. The van der Waals surface area contributed by atoms with E-state index >= 15 is 39.5 Å². The zero-order valence-corrected chi connectivity index (χ0v) is 54.4. The molecule has 0 atom stereocenters. The van der Waals surface area contributed by atoms with Gasteiger partial charge in [-0.15, -0.1) is 0 Å². The van der Waals surface area contributed by atoms with Gasteiger partial charge in [0.25, 0.3) is 6.71 Å². The quantitative estimate of drug-likeness (QED) is 0.0941. The van der Waals surface area contributed by atoms with Crippen LogP contribution in [0, 0.1) is 34.9 Å². The molecule has 18 rings (SSSR count). The Hall–Kier alpha value is -12.1. The second-order valence-corrected chi connectivity index (χ2v) is 26.4. The minimum absolute atomic E-state index is 0.0286. The number of para-hydroxylation sites is 8. The standard InChI is InChI=1S/C85H50B2F9N5S/c88-64-31-18-32-65(89)82(64)98(54-25-8-3-9-26-54)56-45-75-80-76(46-56)100(83-66(90)33-19-34-67(83)91)72-39-16-12-29-60(72)86(80)62-49-63-78(50-74(62)99(75)71-38-15-11-28-59(71)85(94,95)96)102-79-48-57(47-77-81(79)87(63)61-30-13-17-40-73(61)101(77)84-68(92)35-20-36-69(84)93)97(55-43-41-52(42-44-55)51-21-4-1-5-22-51)70-37-14-10-27-58(70)53-23-6-2-7-24-53/h1-50H. The summed E-state index contributed by atoms with van der Waals surface area (Å²) in [6.07, 6.45) is -4.98. The largest absolute Gasteiger partial charge is 0.418 e. The SMILES string of the molecule is Fc1cccc(F)c1N(c1ccccc1)c1cc2c3c(c1)N(c1c(F)cccc1F)c1ccccc1B3c1cc3c(cc1N2c1ccccc1C(F)(F)F)Sc1cc(N(c2ccc(-c4ccccc4)cc2)c2ccccc2-c2ccccc2)cc2c1B3c1ccccc1N2c1c(F)cccc1F. The molecule has 0 aromatic heterocycles. The van der Waals surface area contributed by atoms with Crippen molar-refractivity contribution in [2.24, 2.45) is 0 Å². The maximum Gasteiger partial charge on any atom is 0.418 e. The van der Waals surface area contributed by atoms with Crippen molar-refractivity contribution in [3.63, 3.8) is 0 Å². The highest BCUT2D eigenvalue weighted by atomic mass is 32.2. The van der Waals surface area contributed by atoms with Gasteiger partial charge in [-0.05, 0) is 165 Å². The monoisotopic (exact) mass is 1370 g/mol. The van der Waals surface area contributed by atoms with Gasteiger partial charge in [0.15, 0.2) is 0 Å². The molecule has 0 bridgehead atoms. The van der Waals surface area contributed by atoms with E-state index in [0.29, 0.717) is 65.3 Å². The summed E-state index contributed by atoms with van der Waals surface area (Å²) in [5.74, 6) is -5.50. The highest BCUT2D eigenvalue weighted by molar-refractivity contribution is 8.00. The Morgan fingerprint density at radius 1 is 0.294 bits per heavy atom. The van der Waals surface area contributed by atoms with Crippen LogP contribution in [0.5, 0.6) is 0 Å². The molecule has 0 spiro atoms. The minimum atomic E-state index is -4.98. The molecule has 0 fully saturated rings. The fourth-order valence-electron chi connectivity index (χ4n) is 15.5. The van der Waals surface area contributed by atoms with Crippen LogP contribution in [0.15, 0.2) is 313 Å². The van der Waals surface area contributed by atoms with E-state index in [1.165, 1.54) is 75.0 Å². The molecule has 490 valence electrons. The predicted octanol–water partition coefficient (Wildman–Crippen LogP) is 20.7. The van der Waals surface area contributed by atoms with Gasteiger partial charge in [0.1, 0.15) is 52.0 Å². The Kier molecular flexibility index (Phi) is 14.9. The Balaban J connectivity index is 0.940. The first-order chi connectivity index (χ1) is 49.8. The maximum atomic E-state index is 17.2. The van der Waals surface area contributed by atoms with Gasteiger partial charge in [-0.1, -0.05) is 199 Å². The highest BCUT2D eigenvalue weighted by Crippen LogP contribution is 2.54. The lowest BCUT2D eigenvalue weighted by molar-refractivity contribution is -0.137. The molecule has 4 aliphatic rings. The second kappa shape index (κ2) is 24.4. The van der Waals surface area contributed by atoms with Crippen molar-refractivity contribution in [2.45, 2.75) is 16.0 Å². The number of benzene rings is 14. The van der Waals surface area contributed by atoms with Crippen molar-refractivity contribution >= 4 is 143 Å². The minimum Gasteiger partial charge on any atom is -0.311 e. The van der Waals surface area contributed by atoms with Crippen molar-refractivity contribution in [3.8, 4) is 22.3 Å². The van der Waals surface area contributed by atoms with E-state index in [2.05, 4.69) is 23.1 Å². The number of fused-ring (bicyclic) bond motifs is 8. The van der Waals surface area contributed by atoms with Gasteiger partial charge in [0, 0.05) is 66.5 Å².